The standard InChI is InChI=1S/2C12H6Br2S/c13-7-1-3-11-9(5-7)10-6-8(14)2-4-12(10)15-11;13-7-4-5-8-9-2-1-3-10(14)12(9)15-11(8)6-7/h2*1-6H. The van der Waals surface area contributed by atoms with E-state index in [9.17, 15) is 0 Å². The Morgan fingerprint density at radius 3 is 1.73 bits per heavy atom. The Morgan fingerprint density at radius 2 is 1.07 bits per heavy atom. The highest BCUT2D eigenvalue weighted by Crippen LogP contribution is 2.39. The van der Waals surface area contributed by atoms with E-state index < -0.39 is 0 Å². The van der Waals surface area contributed by atoms with Gasteiger partial charge in [-0.25, -0.2) is 0 Å². The van der Waals surface area contributed by atoms with Crippen molar-refractivity contribution in [3.05, 3.63) is 90.7 Å². The summed E-state index contributed by atoms with van der Waals surface area (Å²) >= 11 is 17.8. The molecule has 0 atom stereocenters. The first-order valence-corrected chi connectivity index (χ1v) is 13.8. The lowest BCUT2D eigenvalue weighted by molar-refractivity contribution is 1.75. The highest BCUT2D eigenvalue weighted by Gasteiger charge is 2.07. The Kier molecular flexibility index (Phi) is 6.08. The van der Waals surface area contributed by atoms with Gasteiger partial charge in [-0.2, -0.15) is 0 Å². The molecule has 0 saturated heterocycles. The number of thiophene rings is 2. The zero-order valence-electron chi connectivity index (χ0n) is 15.3. The lowest BCUT2D eigenvalue weighted by Gasteiger charge is -1.93. The second kappa shape index (κ2) is 8.64. The van der Waals surface area contributed by atoms with Crippen molar-refractivity contribution in [3.8, 4) is 0 Å². The Labute approximate surface area is 215 Å². The number of rotatable bonds is 0. The summed E-state index contributed by atoms with van der Waals surface area (Å²) in [7, 11) is 0. The molecule has 2 heterocycles. The van der Waals surface area contributed by atoms with Crippen LogP contribution >= 0.6 is 86.4 Å². The Hall–Kier alpha value is -0.760. The van der Waals surface area contributed by atoms with Crippen LogP contribution in [0.15, 0.2) is 90.7 Å². The number of hydrogen-bond acceptors (Lipinski definition) is 2. The minimum absolute atomic E-state index is 1.13. The molecule has 30 heavy (non-hydrogen) atoms. The van der Waals surface area contributed by atoms with Crippen LogP contribution in [0.5, 0.6) is 0 Å². The van der Waals surface area contributed by atoms with Crippen molar-refractivity contribution in [1.82, 2.24) is 0 Å². The van der Waals surface area contributed by atoms with Gasteiger partial charge in [-0.3, -0.25) is 0 Å². The summed E-state index contributed by atoms with van der Waals surface area (Å²) < 4.78 is 9.91. The summed E-state index contributed by atoms with van der Waals surface area (Å²) in [6, 6.07) is 25.7. The third-order valence-electron chi connectivity index (χ3n) is 4.81. The van der Waals surface area contributed by atoms with Crippen LogP contribution in [-0.4, -0.2) is 0 Å². The Balaban J connectivity index is 0.000000128. The van der Waals surface area contributed by atoms with Crippen LogP contribution in [-0.2, 0) is 0 Å². The van der Waals surface area contributed by atoms with Crippen LogP contribution in [0.25, 0.3) is 40.3 Å². The topological polar surface area (TPSA) is 0 Å². The first-order valence-electron chi connectivity index (χ1n) is 9.03. The summed E-state index contributed by atoms with van der Waals surface area (Å²) in [5, 5.41) is 5.31. The number of halogens is 4. The zero-order chi connectivity index (χ0) is 20.8. The van der Waals surface area contributed by atoms with Crippen molar-refractivity contribution in [2.45, 2.75) is 0 Å². The second-order valence-corrected chi connectivity index (χ2v) is 12.5. The molecule has 6 aromatic rings. The van der Waals surface area contributed by atoms with Crippen LogP contribution < -0.4 is 0 Å². The fraction of sp³-hybridized carbons (Fsp3) is 0. The first kappa shape index (κ1) is 21.1. The van der Waals surface area contributed by atoms with Crippen molar-refractivity contribution in [2.24, 2.45) is 0 Å². The van der Waals surface area contributed by atoms with E-state index in [1.165, 1.54) is 44.8 Å². The maximum absolute atomic E-state index is 3.59. The van der Waals surface area contributed by atoms with E-state index in [0.717, 1.165) is 13.4 Å². The molecule has 0 spiro atoms. The zero-order valence-corrected chi connectivity index (χ0v) is 23.2. The van der Waals surface area contributed by atoms with Gasteiger partial charge in [0, 0.05) is 58.2 Å². The predicted octanol–water partition coefficient (Wildman–Crippen LogP) is 11.2. The molecule has 0 radical (unpaired) electrons. The van der Waals surface area contributed by atoms with E-state index >= 15 is 0 Å². The van der Waals surface area contributed by atoms with E-state index in [2.05, 4.69) is 137 Å². The Morgan fingerprint density at radius 1 is 0.467 bits per heavy atom. The van der Waals surface area contributed by atoms with Crippen molar-refractivity contribution in [3.63, 3.8) is 0 Å². The smallest absolute Gasteiger partial charge is 0.0497 e. The average Bonchev–Trinajstić information content (AvgIpc) is 3.27. The van der Waals surface area contributed by atoms with Gasteiger partial charge in [0.05, 0.1) is 0 Å². The quantitative estimate of drug-likeness (QED) is 0.149. The highest BCUT2D eigenvalue weighted by atomic mass is 79.9. The average molecular weight is 684 g/mol. The molecule has 0 nitrogen and oxygen atoms in total. The maximum atomic E-state index is 3.59. The molecule has 0 amide bonds. The van der Waals surface area contributed by atoms with Crippen molar-refractivity contribution >= 4 is 127 Å². The molecule has 6 rings (SSSR count). The van der Waals surface area contributed by atoms with Gasteiger partial charge in [-0.05, 0) is 70.5 Å². The summed E-state index contributed by atoms with van der Waals surface area (Å²) in [6.45, 7) is 0. The van der Waals surface area contributed by atoms with Crippen LogP contribution in [0, 0.1) is 0 Å². The lowest BCUT2D eigenvalue weighted by Crippen LogP contribution is -1.67. The van der Waals surface area contributed by atoms with Crippen molar-refractivity contribution < 1.29 is 0 Å². The van der Waals surface area contributed by atoms with Crippen LogP contribution in [0.1, 0.15) is 0 Å². The van der Waals surface area contributed by atoms with Gasteiger partial charge in [-0.15, -0.1) is 22.7 Å². The molecule has 4 aromatic carbocycles. The maximum Gasteiger partial charge on any atom is 0.0497 e. The van der Waals surface area contributed by atoms with Crippen molar-refractivity contribution in [2.75, 3.05) is 0 Å². The van der Waals surface area contributed by atoms with Gasteiger partial charge in [0.15, 0.2) is 0 Å². The van der Waals surface area contributed by atoms with Gasteiger partial charge in [0.25, 0.3) is 0 Å². The van der Waals surface area contributed by atoms with E-state index in [0.29, 0.717) is 0 Å². The van der Waals surface area contributed by atoms with Gasteiger partial charge < -0.3 is 0 Å². The molecule has 0 aliphatic heterocycles. The molecule has 2 aromatic heterocycles. The van der Waals surface area contributed by atoms with Crippen LogP contribution in [0.3, 0.4) is 0 Å². The molecule has 0 bridgehead atoms. The summed E-state index contributed by atoms with van der Waals surface area (Å²) in [5.41, 5.74) is 0. The molecule has 0 unspecified atom stereocenters. The van der Waals surface area contributed by atoms with Gasteiger partial charge in [0.1, 0.15) is 0 Å². The van der Waals surface area contributed by atoms with E-state index in [4.69, 9.17) is 0 Å². The van der Waals surface area contributed by atoms with Crippen LogP contribution in [0.2, 0.25) is 0 Å². The highest BCUT2D eigenvalue weighted by molar-refractivity contribution is 9.11. The lowest BCUT2D eigenvalue weighted by atomic mass is 10.2. The summed E-state index contributed by atoms with van der Waals surface area (Å²) in [6.07, 6.45) is 0. The molecule has 0 saturated carbocycles. The largest absolute Gasteiger partial charge is 0.135 e. The van der Waals surface area contributed by atoms with Gasteiger partial charge >= 0.3 is 0 Å². The molecule has 0 aliphatic rings. The SMILES string of the molecule is Brc1ccc2c(c1)sc1c(Br)cccc12.Brc1ccc2sc3ccc(Br)cc3c2c1. The van der Waals surface area contributed by atoms with Crippen LogP contribution in [0.4, 0.5) is 0 Å². The fourth-order valence-electron chi connectivity index (χ4n) is 3.46. The van der Waals surface area contributed by atoms with Crippen molar-refractivity contribution in [1.29, 1.82) is 0 Å². The molecule has 0 aliphatic carbocycles. The number of hydrogen-bond donors (Lipinski definition) is 0. The molecule has 0 fully saturated rings. The van der Waals surface area contributed by atoms with E-state index in [1.54, 1.807) is 0 Å². The molecular weight excluding hydrogens is 672 g/mol. The Bertz CT molecular complexity index is 1490. The molecular formula is C24H12Br4S2. The van der Waals surface area contributed by atoms with Gasteiger partial charge in [0.2, 0.25) is 0 Å². The monoisotopic (exact) mass is 680 g/mol. The third-order valence-corrected chi connectivity index (χ3v) is 9.56. The normalized spacial score (nSPS) is 11.3. The van der Waals surface area contributed by atoms with Gasteiger partial charge in [-0.1, -0.05) is 66.0 Å². The second-order valence-electron chi connectivity index (χ2n) is 6.74. The molecule has 0 N–H and O–H groups in total. The summed E-state index contributed by atoms with van der Waals surface area (Å²) in [5.74, 6) is 0. The summed E-state index contributed by atoms with van der Waals surface area (Å²) in [4.78, 5) is 0. The minimum atomic E-state index is 1.13. The molecule has 6 heteroatoms. The molecule has 148 valence electrons. The van der Waals surface area contributed by atoms with E-state index in [-0.39, 0.29) is 0 Å². The third kappa shape index (κ3) is 4.03. The predicted molar refractivity (Wildman–Crippen MR) is 149 cm³/mol. The van der Waals surface area contributed by atoms with E-state index in [1.807, 2.05) is 22.7 Å². The fourth-order valence-corrected chi connectivity index (χ4v) is 7.52. The number of benzene rings is 4. The first-order chi connectivity index (χ1) is 14.5. The minimum Gasteiger partial charge on any atom is -0.135 e. The number of fused-ring (bicyclic) bond motifs is 6.